The van der Waals surface area contributed by atoms with Crippen LogP contribution in [-0.2, 0) is 0 Å². The van der Waals surface area contributed by atoms with E-state index in [1.807, 2.05) is 24.3 Å². The minimum absolute atomic E-state index is 0.474. The first kappa shape index (κ1) is 14.3. The highest BCUT2D eigenvalue weighted by molar-refractivity contribution is 6.30. The SMILES string of the molecule is COc1ccc(-c2nc3cnc(Cl)cc3n2C2CC2)cc1OC. The van der Waals surface area contributed by atoms with Gasteiger partial charge in [-0.3, -0.25) is 0 Å². The van der Waals surface area contributed by atoms with E-state index in [4.69, 9.17) is 26.1 Å². The van der Waals surface area contributed by atoms with E-state index in [2.05, 4.69) is 9.55 Å². The van der Waals surface area contributed by atoms with Crippen LogP contribution in [0.3, 0.4) is 0 Å². The predicted molar refractivity (Wildman–Crippen MR) is 89.3 cm³/mol. The lowest BCUT2D eigenvalue weighted by Gasteiger charge is -2.11. The van der Waals surface area contributed by atoms with Gasteiger partial charge in [-0.05, 0) is 31.0 Å². The first-order valence-electron chi connectivity index (χ1n) is 7.47. The van der Waals surface area contributed by atoms with Crippen LogP contribution in [0.5, 0.6) is 11.5 Å². The van der Waals surface area contributed by atoms with E-state index in [1.54, 1.807) is 20.4 Å². The van der Waals surface area contributed by atoms with Gasteiger partial charge in [0.25, 0.3) is 0 Å². The van der Waals surface area contributed by atoms with E-state index >= 15 is 0 Å². The molecule has 0 N–H and O–H groups in total. The second-order valence-electron chi connectivity index (χ2n) is 5.60. The van der Waals surface area contributed by atoms with Crippen molar-refractivity contribution in [3.63, 3.8) is 0 Å². The Hall–Kier alpha value is -2.27. The third-order valence-corrected chi connectivity index (χ3v) is 4.30. The first-order valence-corrected chi connectivity index (χ1v) is 7.85. The van der Waals surface area contributed by atoms with Crippen molar-refractivity contribution < 1.29 is 9.47 Å². The Bertz CT molecular complexity index is 887. The standard InChI is InChI=1S/C17H16ClN3O2/c1-22-14-6-3-10(7-15(14)23-2)17-20-12-9-19-16(18)8-13(12)21(17)11-4-5-11/h3,6-9,11H,4-5H2,1-2H3. The average Bonchev–Trinajstić information content (AvgIpc) is 3.34. The molecule has 2 aromatic heterocycles. The van der Waals surface area contributed by atoms with Crippen LogP contribution in [0.15, 0.2) is 30.5 Å². The zero-order valence-corrected chi connectivity index (χ0v) is 13.7. The van der Waals surface area contributed by atoms with Gasteiger partial charge < -0.3 is 14.0 Å². The van der Waals surface area contributed by atoms with Crippen LogP contribution in [0.25, 0.3) is 22.4 Å². The van der Waals surface area contributed by atoms with Crippen molar-refractivity contribution >= 4 is 22.6 Å². The third kappa shape index (κ3) is 2.41. The number of fused-ring (bicyclic) bond motifs is 1. The van der Waals surface area contributed by atoms with Crippen molar-refractivity contribution in [1.82, 2.24) is 14.5 Å². The molecule has 0 spiro atoms. The highest BCUT2D eigenvalue weighted by Gasteiger charge is 2.29. The molecule has 0 amide bonds. The highest BCUT2D eigenvalue weighted by atomic mass is 35.5. The summed E-state index contributed by atoms with van der Waals surface area (Å²) in [6.07, 6.45) is 4.04. The number of aromatic nitrogens is 3. The van der Waals surface area contributed by atoms with Gasteiger partial charge >= 0.3 is 0 Å². The molecule has 0 radical (unpaired) electrons. The lowest BCUT2D eigenvalue weighted by molar-refractivity contribution is 0.355. The fourth-order valence-corrected chi connectivity index (χ4v) is 3.01. The van der Waals surface area contributed by atoms with Gasteiger partial charge in [0.15, 0.2) is 11.5 Å². The van der Waals surface area contributed by atoms with Gasteiger partial charge in [0.1, 0.15) is 16.5 Å². The van der Waals surface area contributed by atoms with E-state index in [1.165, 1.54) is 0 Å². The van der Waals surface area contributed by atoms with Crippen LogP contribution in [-0.4, -0.2) is 28.8 Å². The quantitative estimate of drug-likeness (QED) is 0.676. The average molecular weight is 330 g/mol. The van der Waals surface area contributed by atoms with Crippen LogP contribution in [0.1, 0.15) is 18.9 Å². The number of hydrogen-bond donors (Lipinski definition) is 0. The van der Waals surface area contributed by atoms with Crippen LogP contribution in [0, 0.1) is 0 Å². The summed E-state index contributed by atoms with van der Waals surface area (Å²) in [5.74, 6) is 2.30. The molecule has 1 aromatic carbocycles. The van der Waals surface area contributed by atoms with E-state index in [0.717, 1.165) is 35.3 Å². The Balaban J connectivity index is 1.93. The fraction of sp³-hybridized carbons (Fsp3) is 0.294. The van der Waals surface area contributed by atoms with Crippen LogP contribution < -0.4 is 9.47 Å². The summed E-state index contributed by atoms with van der Waals surface area (Å²) in [6, 6.07) is 8.20. The second-order valence-corrected chi connectivity index (χ2v) is 5.99. The number of rotatable bonds is 4. The predicted octanol–water partition coefficient (Wildman–Crippen LogP) is 4.10. The fourth-order valence-electron chi connectivity index (χ4n) is 2.86. The monoisotopic (exact) mass is 329 g/mol. The summed E-state index contributed by atoms with van der Waals surface area (Å²) in [4.78, 5) is 8.90. The molecule has 3 aromatic rings. The van der Waals surface area contributed by atoms with Crippen LogP contribution in [0.2, 0.25) is 5.15 Å². The number of ether oxygens (including phenoxy) is 2. The zero-order valence-electron chi connectivity index (χ0n) is 12.9. The first-order chi connectivity index (χ1) is 11.2. The molecule has 4 rings (SSSR count). The molecule has 23 heavy (non-hydrogen) atoms. The van der Waals surface area contributed by atoms with Gasteiger partial charge in [0.05, 0.1) is 25.9 Å². The van der Waals surface area contributed by atoms with Crippen molar-refractivity contribution in [2.24, 2.45) is 0 Å². The normalized spacial score (nSPS) is 14.2. The van der Waals surface area contributed by atoms with Crippen molar-refractivity contribution in [3.8, 4) is 22.9 Å². The molecule has 5 nitrogen and oxygen atoms in total. The maximum Gasteiger partial charge on any atom is 0.161 e. The van der Waals surface area contributed by atoms with Crippen molar-refractivity contribution in [2.75, 3.05) is 14.2 Å². The molecule has 1 fully saturated rings. The van der Waals surface area contributed by atoms with Crippen LogP contribution >= 0.6 is 11.6 Å². The number of methoxy groups -OCH3 is 2. The van der Waals surface area contributed by atoms with Gasteiger partial charge in [-0.15, -0.1) is 0 Å². The Morgan fingerprint density at radius 1 is 1.13 bits per heavy atom. The molecular formula is C17H16ClN3O2. The zero-order chi connectivity index (χ0) is 16.0. The molecule has 1 aliphatic carbocycles. The molecular weight excluding hydrogens is 314 g/mol. The summed E-state index contributed by atoms with van der Waals surface area (Å²) in [5, 5.41) is 0.484. The number of nitrogens with zero attached hydrogens (tertiary/aromatic N) is 3. The number of pyridine rings is 1. The van der Waals surface area contributed by atoms with Gasteiger partial charge in [-0.1, -0.05) is 11.6 Å². The van der Waals surface area contributed by atoms with E-state index in [0.29, 0.717) is 22.7 Å². The number of hydrogen-bond acceptors (Lipinski definition) is 4. The summed E-state index contributed by atoms with van der Waals surface area (Å²) in [6.45, 7) is 0. The lowest BCUT2D eigenvalue weighted by Crippen LogP contribution is -1.98. The van der Waals surface area contributed by atoms with Gasteiger partial charge in [0, 0.05) is 17.7 Å². The highest BCUT2D eigenvalue weighted by Crippen LogP contribution is 2.42. The van der Waals surface area contributed by atoms with E-state index in [9.17, 15) is 0 Å². The summed E-state index contributed by atoms with van der Waals surface area (Å²) in [7, 11) is 3.26. The maximum absolute atomic E-state index is 6.07. The second kappa shape index (κ2) is 5.42. The maximum atomic E-state index is 6.07. The molecule has 118 valence electrons. The molecule has 0 atom stereocenters. The minimum Gasteiger partial charge on any atom is -0.493 e. The molecule has 1 saturated carbocycles. The molecule has 0 unspecified atom stereocenters. The summed E-state index contributed by atoms with van der Waals surface area (Å²) in [5.41, 5.74) is 2.87. The largest absolute Gasteiger partial charge is 0.493 e. The number of halogens is 1. The summed E-state index contributed by atoms with van der Waals surface area (Å²) < 4.78 is 13.0. The van der Waals surface area contributed by atoms with Crippen molar-refractivity contribution in [3.05, 3.63) is 35.6 Å². The smallest absolute Gasteiger partial charge is 0.161 e. The Morgan fingerprint density at radius 3 is 2.61 bits per heavy atom. The molecule has 6 heteroatoms. The molecule has 0 aliphatic heterocycles. The van der Waals surface area contributed by atoms with Crippen LogP contribution in [0.4, 0.5) is 0 Å². The molecule has 2 heterocycles. The van der Waals surface area contributed by atoms with E-state index < -0.39 is 0 Å². The Morgan fingerprint density at radius 2 is 1.91 bits per heavy atom. The summed E-state index contributed by atoms with van der Waals surface area (Å²) >= 11 is 6.07. The molecule has 1 aliphatic rings. The lowest BCUT2D eigenvalue weighted by atomic mass is 10.2. The molecule has 0 saturated heterocycles. The number of imidazole rings is 1. The molecule has 0 bridgehead atoms. The Kier molecular flexibility index (Phi) is 3.38. The van der Waals surface area contributed by atoms with Crippen molar-refractivity contribution in [1.29, 1.82) is 0 Å². The van der Waals surface area contributed by atoms with Crippen molar-refractivity contribution in [2.45, 2.75) is 18.9 Å². The third-order valence-electron chi connectivity index (χ3n) is 4.10. The van der Waals surface area contributed by atoms with Gasteiger partial charge in [-0.2, -0.15) is 0 Å². The van der Waals surface area contributed by atoms with Gasteiger partial charge in [0.2, 0.25) is 0 Å². The Labute approximate surface area is 138 Å². The van der Waals surface area contributed by atoms with Gasteiger partial charge in [-0.25, -0.2) is 9.97 Å². The topological polar surface area (TPSA) is 49.2 Å². The minimum atomic E-state index is 0.474. The van der Waals surface area contributed by atoms with E-state index in [-0.39, 0.29) is 0 Å². The number of benzene rings is 1.